The molecule has 0 radical (unpaired) electrons. The maximum absolute atomic E-state index is 13.7. The predicted octanol–water partition coefficient (Wildman–Crippen LogP) is 5.16. The van der Waals surface area contributed by atoms with E-state index in [0.717, 1.165) is 16.8 Å². The number of hydrogen-bond acceptors (Lipinski definition) is 3. The summed E-state index contributed by atoms with van der Waals surface area (Å²) in [6.07, 6.45) is 2.87. The largest absolute Gasteiger partial charge is 0.282 e. The molecular formula is C20H19Cl2N3O2S. The number of aromatic amines is 1. The first kappa shape index (κ1) is 19.5. The molecule has 0 saturated carbocycles. The van der Waals surface area contributed by atoms with Crippen molar-refractivity contribution in [2.75, 3.05) is 0 Å². The van der Waals surface area contributed by atoms with Crippen molar-refractivity contribution in [1.82, 2.24) is 14.5 Å². The van der Waals surface area contributed by atoms with Gasteiger partial charge in [0.05, 0.1) is 23.2 Å². The van der Waals surface area contributed by atoms with E-state index in [9.17, 15) is 8.42 Å². The summed E-state index contributed by atoms with van der Waals surface area (Å²) < 4.78 is 29.0. The van der Waals surface area contributed by atoms with Crippen LogP contribution >= 0.6 is 23.2 Å². The van der Waals surface area contributed by atoms with Crippen LogP contribution in [0.15, 0.2) is 59.6 Å². The molecule has 0 unspecified atom stereocenters. The van der Waals surface area contributed by atoms with Gasteiger partial charge in [-0.1, -0.05) is 42.3 Å². The van der Waals surface area contributed by atoms with Crippen LogP contribution < -0.4 is 0 Å². The fourth-order valence-corrected chi connectivity index (χ4v) is 5.93. The number of hydrogen-bond donors (Lipinski definition) is 1. The molecule has 5 nitrogen and oxygen atoms in total. The molecule has 1 N–H and O–H groups in total. The first-order valence-electron chi connectivity index (χ1n) is 8.98. The van der Waals surface area contributed by atoms with E-state index in [0.29, 0.717) is 22.9 Å². The summed E-state index contributed by atoms with van der Waals surface area (Å²) in [7, 11) is -3.77. The van der Waals surface area contributed by atoms with Crippen LogP contribution in [0.1, 0.15) is 42.2 Å². The minimum absolute atomic E-state index is 0.223. The molecule has 1 aromatic heterocycles. The molecule has 0 amide bonds. The van der Waals surface area contributed by atoms with Crippen molar-refractivity contribution >= 4 is 33.2 Å². The van der Waals surface area contributed by atoms with Gasteiger partial charge >= 0.3 is 0 Å². The quantitative estimate of drug-likeness (QED) is 0.615. The molecular weight excluding hydrogens is 417 g/mol. The Morgan fingerprint density at radius 1 is 1.07 bits per heavy atom. The molecule has 3 aromatic rings. The Balaban J connectivity index is 1.88. The summed E-state index contributed by atoms with van der Waals surface area (Å²) in [5.74, 6) is 0. The van der Waals surface area contributed by atoms with Crippen molar-refractivity contribution in [3.63, 3.8) is 0 Å². The molecule has 28 heavy (non-hydrogen) atoms. The van der Waals surface area contributed by atoms with E-state index in [1.165, 1.54) is 0 Å². The van der Waals surface area contributed by atoms with Crippen LogP contribution in [0.3, 0.4) is 0 Å². The van der Waals surface area contributed by atoms with Gasteiger partial charge in [0.2, 0.25) is 10.0 Å². The van der Waals surface area contributed by atoms with E-state index in [4.69, 9.17) is 23.2 Å². The molecule has 2 atom stereocenters. The number of halogens is 2. The number of benzene rings is 2. The number of sulfonamides is 1. The molecule has 0 aliphatic carbocycles. The highest BCUT2D eigenvalue weighted by molar-refractivity contribution is 7.89. The summed E-state index contributed by atoms with van der Waals surface area (Å²) in [4.78, 5) is 0.223. The van der Waals surface area contributed by atoms with E-state index >= 15 is 0 Å². The van der Waals surface area contributed by atoms with Gasteiger partial charge in [-0.15, -0.1) is 0 Å². The lowest BCUT2D eigenvalue weighted by atomic mass is 9.91. The van der Waals surface area contributed by atoms with E-state index in [-0.39, 0.29) is 17.0 Å². The van der Waals surface area contributed by atoms with Gasteiger partial charge in [0.15, 0.2) is 0 Å². The Kier molecular flexibility index (Phi) is 5.22. The zero-order chi connectivity index (χ0) is 19.9. The number of nitrogens with one attached hydrogen (secondary N) is 1. The molecule has 8 heteroatoms. The number of aromatic nitrogens is 2. The summed E-state index contributed by atoms with van der Waals surface area (Å²) in [6.45, 7) is 1.98. The average molecular weight is 436 g/mol. The van der Waals surface area contributed by atoms with Crippen molar-refractivity contribution < 1.29 is 8.42 Å². The van der Waals surface area contributed by atoms with Gasteiger partial charge in [-0.3, -0.25) is 5.10 Å². The highest BCUT2D eigenvalue weighted by Gasteiger charge is 2.43. The fraction of sp³-hybridized carbons (Fsp3) is 0.250. The van der Waals surface area contributed by atoms with Crippen molar-refractivity contribution in [2.45, 2.75) is 36.7 Å². The first-order valence-corrected chi connectivity index (χ1v) is 11.2. The number of H-pyrrole nitrogens is 1. The number of rotatable bonds is 4. The van der Waals surface area contributed by atoms with Gasteiger partial charge in [0, 0.05) is 27.7 Å². The molecule has 2 heterocycles. The summed E-state index contributed by atoms with van der Waals surface area (Å²) >= 11 is 12.0. The Morgan fingerprint density at radius 3 is 2.29 bits per heavy atom. The third kappa shape index (κ3) is 3.35. The highest BCUT2D eigenvalue weighted by atomic mass is 35.5. The third-order valence-corrected chi connectivity index (χ3v) is 7.59. The van der Waals surface area contributed by atoms with Gasteiger partial charge in [-0.2, -0.15) is 9.40 Å². The van der Waals surface area contributed by atoms with Gasteiger partial charge in [-0.25, -0.2) is 8.42 Å². The first-order chi connectivity index (χ1) is 13.4. The smallest absolute Gasteiger partial charge is 0.244 e. The zero-order valence-electron chi connectivity index (χ0n) is 15.1. The van der Waals surface area contributed by atoms with Gasteiger partial charge in [0.25, 0.3) is 0 Å². The molecule has 0 saturated heterocycles. The second kappa shape index (κ2) is 7.52. The number of fused-ring (bicyclic) bond motifs is 1. The lowest BCUT2D eigenvalue weighted by molar-refractivity contribution is 0.224. The van der Waals surface area contributed by atoms with Crippen LogP contribution in [0.25, 0.3) is 0 Å². The predicted molar refractivity (Wildman–Crippen MR) is 110 cm³/mol. The van der Waals surface area contributed by atoms with Gasteiger partial charge < -0.3 is 0 Å². The molecule has 2 aromatic carbocycles. The molecule has 146 valence electrons. The molecule has 0 fully saturated rings. The molecule has 4 rings (SSSR count). The molecule has 1 aliphatic heterocycles. The zero-order valence-corrected chi connectivity index (χ0v) is 17.5. The van der Waals surface area contributed by atoms with Crippen molar-refractivity contribution in [2.24, 2.45) is 0 Å². The topological polar surface area (TPSA) is 66.1 Å². The second-order valence-electron chi connectivity index (χ2n) is 6.79. The standard InChI is InChI=1S/C20H19Cl2N3O2S/c1-2-19-17-12-23-24-18(17)11-20(13-3-5-14(21)6-4-13)25(19)28(26,27)16-9-7-15(22)8-10-16/h3-10,12,19-20H,2,11H2,1H3,(H,23,24)/t19-,20-/m0/s1. The lowest BCUT2D eigenvalue weighted by Gasteiger charge is -2.40. The Morgan fingerprint density at radius 2 is 1.68 bits per heavy atom. The molecule has 1 aliphatic rings. The Hall–Kier alpha value is -1.86. The second-order valence-corrected chi connectivity index (χ2v) is 9.50. The summed E-state index contributed by atoms with van der Waals surface area (Å²) in [5.41, 5.74) is 2.78. The summed E-state index contributed by atoms with van der Waals surface area (Å²) in [6, 6.07) is 12.9. The third-order valence-electron chi connectivity index (χ3n) is 5.15. The minimum Gasteiger partial charge on any atom is -0.282 e. The van der Waals surface area contributed by atoms with E-state index in [1.54, 1.807) is 46.9 Å². The maximum Gasteiger partial charge on any atom is 0.244 e. The summed E-state index contributed by atoms with van der Waals surface area (Å²) in [5, 5.41) is 8.31. The molecule has 0 bridgehead atoms. The van der Waals surface area contributed by atoms with E-state index < -0.39 is 10.0 Å². The SMILES string of the molecule is CC[C@H]1c2cn[nH]c2C[C@@H](c2ccc(Cl)cc2)N1S(=O)(=O)c1ccc(Cl)cc1. The van der Waals surface area contributed by atoms with Crippen LogP contribution in [0, 0.1) is 0 Å². The monoisotopic (exact) mass is 435 g/mol. The van der Waals surface area contributed by atoms with Crippen LogP contribution in [-0.2, 0) is 16.4 Å². The average Bonchev–Trinajstić information content (AvgIpc) is 3.16. The molecule has 0 spiro atoms. The van der Waals surface area contributed by atoms with E-state index in [1.807, 2.05) is 19.1 Å². The highest BCUT2D eigenvalue weighted by Crippen LogP contribution is 2.44. The Labute approximate surface area is 174 Å². The van der Waals surface area contributed by atoms with Crippen LogP contribution in [0.2, 0.25) is 10.0 Å². The van der Waals surface area contributed by atoms with Crippen LogP contribution in [0.4, 0.5) is 0 Å². The van der Waals surface area contributed by atoms with Crippen molar-refractivity contribution in [1.29, 1.82) is 0 Å². The van der Waals surface area contributed by atoms with Crippen LogP contribution in [0.5, 0.6) is 0 Å². The van der Waals surface area contributed by atoms with Crippen molar-refractivity contribution in [3.8, 4) is 0 Å². The van der Waals surface area contributed by atoms with Gasteiger partial charge in [-0.05, 0) is 48.4 Å². The van der Waals surface area contributed by atoms with E-state index in [2.05, 4.69) is 10.2 Å². The maximum atomic E-state index is 13.7. The van der Waals surface area contributed by atoms with Crippen LogP contribution in [-0.4, -0.2) is 22.9 Å². The normalized spacial score (nSPS) is 20.1. The van der Waals surface area contributed by atoms with Crippen molar-refractivity contribution in [3.05, 3.63) is 81.6 Å². The number of nitrogens with zero attached hydrogens (tertiary/aromatic N) is 2. The fourth-order valence-electron chi connectivity index (χ4n) is 3.82. The van der Waals surface area contributed by atoms with Gasteiger partial charge in [0.1, 0.15) is 0 Å². The lowest BCUT2D eigenvalue weighted by Crippen LogP contribution is -2.42. The minimum atomic E-state index is -3.77. The Bertz CT molecular complexity index is 1080.